The molecular formula is C20H30O6. The van der Waals surface area contributed by atoms with Crippen molar-refractivity contribution < 1.29 is 29.3 Å². The number of ether oxygens (including phenoxy) is 2. The van der Waals surface area contributed by atoms with Crippen LogP contribution >= 0.6 is 0 Å². The second-order valence-corrected chi connectivity index (χ2v) is 8.87. The fourth-order valence-corrected chi connectivity index (χ4v) is 4.17. The molecule has 6 heteroatoms. The summed E-state index contributed by atoms with van der Waals surface area (Å²) in [6.07, 6.45) is 1.93. The zero-order chi connectivity index (χ0) is 19.3. The molecule has 1 aliphatic carbocycles. The third kappa shape index (κ3) is 3.59. The lowest BCUT2D eigenvalue weighted by atomic mass is 9.80. The summed E-state index contributed by atoms with van der Waals surface area (Å²) in [5, 5.41) is 21.0. The molecular weight excluding hydrogens is 336 g/mol. The predicted octanol–water partition coefficient (Wildman–Crippen LogP) is 2.06. The smallest absolute Gasteiger partial charge is 0.334 e. The summed E-state index contributed by atoms with van der Waals surface area (Å²) in [6.45, 7) is 9.09. The van der Waals surface area contributed by atoms with Gasteiger partial charge in [0.2, 0.25) is 0 Å². The van der Waals surface area contributed by atoms with E-state index in [0.29, 0.717) is 37.7 Å². The first-order chi connectivity index (χ1) is 12.0. The Morgan fingerprint density at radius 1 is 1.12 bits per heavy atom. The topological polar surface area (TPSA) is 96.4 Å². The van der Waals surface area contributed by atoms with Crippen molar-refractivity contribution >= 4 is 11.8 Å². The third-order valence-electron chi connectivity index (χ3n) is 6.66. The van der Waals surface area contributed by atoms with Gasteiger partial charge in [-0.05, 0) is 65.2 Å². The number of Topliss-reactive ketones (excluding diaryl/α,β-unsaturated/α-hetero) is 1. The minimum Gasteiger partial charge on any atom is -0.448 e. The summed E-state index contributed by atoms with van der Waals surface area (Å²) in [5.74, 6) is -0.816. The van der Waals surface area contributed by atoms with Gasteiger partial charge >= 0.3 is 5.97 Å². The molecule has 0 aromatic heterocycles. The fraction of sp³-hybridized carbons (Fsp3) is 0.800. The van der Waals surface area contributed by atoms with E-state index in [-0.39, 0.29) is 36.2 Å². The molecule has 1 saturated carbocycles. The molecule has 0 radical (unpaired) electrons. The van der Waals surface area contributed by atoms with E-state index in [0.717, 1.165) is 0 Å². The second-order valence-electron chi connectivity index (χ2n) is 8.87. The van der Waals surface area contributed by atoms with Crippen LogP contribution in [0.1, 0.15) is 65.7 Å². The SMILES string of the molecule is C=C1C(=O)O[C@]2(C)CC[C@@H]1C[C@@H]1O[C@@]1(C)CC[C@H](O)[C@](C)(O)CCC2=O. The summed E-state index contributed by atoms with van der Waals surface area (Å²) in [6, 6.07) is 0. The molecule has 0 aromatic rings. The largest absolute Gasteiger partial charge is 0.448 e. The van der Waals surface area contributed by atoms with Gasteiger partial charge in [-0.15, -0.1) is 0 Å². The molecule has 2 N–H and O–H groups in total. The molecule has 3 aliphatic rings. The molecule has 6 nitrogen and oxygen atoms in total. The normalized spacial score (nSPS) is 47.6. The number of hydrogen-bond acceptors (Lipinski definition) is 6. The Morgan fingerprint density at radius 3 is 2.50 bits per heavy atom. The minimum atomic E-state index is -1.38. The van der Waals surface area contributed by atoms with Crippen molar-refractivity contribution in [1.82, 2.24) is 0 Å². The number of esters is 1. The summed E-state index contributed by atoms with van der Waals surface area (Å²) in [4.78, 5) is 25.2. The van der Waals surface area contributed by atoms with E-state index in [4.69, 9.17) is 9.47 Å². The van der Waals surface area contributed by atoms with Crippen LogP contribution in [0.25, 0.3) is 0 Å². The van der Waals surface area contributed by atoms with Crippen LogP contribution < -0.4 is 0 Å². The van der Waals surface area contributed by atoms with Gasteiger partial charge < -0.3 is 19.7 Å². The Morgan fingerprint density at radius 2 is 1.81 bits per heavy atom. The molecule has 3 fully saturated rings. The van der Waals surface area contributed by atoms with E-state index in [2.05, 4.69) is 6.58 Å². The highest BCUT2D eigenvalue weighted by atomic mass is 16.6. The molecule has 26 heavy (non-hydrogen) atoms. The highest BCUT2D eigenvalue weighted by Crippen LogP contribution is 2.47. The summed E-state index contributed by atoms with van der Waals surface area (Å²) >= 11 is 0. The maximum absolute atomic E-state index is 12.8. The Kier molecular flexibility index (Phi) is 4.83. The van der Waals surface area contributed by atoms with Crippen LogP contribution in [0, 0.1) is 5.92 Å². The molecule has 0 spiro atoms. The van der Waals surface area contributed by atoms with Crippen molar-refractivity contribution in [3.05, 3.63) is 12.2 Å². The number of ketones is 1. The van der Waals surface area contributed by atoms with E-state index in [9.17, 15) is 19.8 Å². The zero-order valence-corrected chi connectivity index (χ0v) is 15.9. The van der Waals surface area contributed by atoms with E-state index in [1.807, 2.05) is 6.92 Å². The highest BCUT2D eigenvalue weighted by Gasteiger charge is 2.54. The minimum absolute atomic E-state index is 0.0165. The molecule has 2 heterocycles. The predicted molar refractivity (Wildman–Crippen MR) is 94.4 cm³/mol. The number of rotatable bonds is 0. The Labute approximate surface area is 154 Å². The lowest BCUT2D eigenvalue weighted by molar-refractivity contribution is -0.162. The number of fused-ring (bicyclic) bond motifs is 4. The van der Waals surface area contributed by atoms with Gasteiger partial charge in [0.25, 0.3) is 0 Å². The monoisotopic (exact) mass is 366 g/mol. The van der Waals surface area contributed by atoms with Crippen molar-refractivity contribution in [1.29, 1.82) is 0 Å². The standard InChI is InChI=1S/C20H30O6/c1-12-13-5-9-19(3,26-17(12)23)15(22)6-8-18(2,24)14(21)7-10-20(4)16(11-13)25-20/h13-14,16,21,24H,1,5-11H2,2-4H3/t13-,14+,16+,18-,19-,20+/m1/s1. The van der Waals surface area contributed by atoms with Gasteiger partial charge in [0.1, 0.15) is 0 Å². The van der Waals surface area contributed by atoms with Gasteiger partial charge in [-0.2, -0.15) is 0 Å². The van der Waals surface area contributed by atoms with Crippen molar-refractivity contribution in [2.75, 3.05) is 0 Å². The summed E-state index contributed by atoms with van der Waals surface area (Å²) < 4.78 is 11.4. The van der Waals surface area contributed by atoms with Gasteiger partial charge in [0, 0.05) is 12.0 Å². The number of carbonyl (C=O) groups excluding carboxylic acids is 2. The Hall–Kier alpha value is -1.24. The number of epoxide rings is 1. The van der Waals surface area contributed by atoms with Gasteiger partial charge in [-0.1, -0.05) is 6.58 Å². The first-order valence-electron chi connectivity index (χ1n) is 9.50. The first-order valence-corrected chi connectivity index (χ1v) is 9.50. The average molecular weight is 366 g/mol. The molecule has 3 rings (SSSR count). The second kappa shape index (κ2) is 6.43. The molecule has 6 atom stereocenters. The zero-order valence-electron chi connectivity index (χ0n) is 15.9. The molecule has 146 valence electrons. The van der Waals surface area contributed by atoms with Crippen molar-refractivity contribution in [2.24, 2.45) is 5.92 Å². The van der Waals surface area contributed by atoms with E-state index in [1.54, 1.807) is 13.8 Å². The van der Waals surface area contributed by atoms with Gasteiger partial charge in [0.15, 0.2) is 11.4 Å². The van der Waals surface area contributed by atoms with E-state index < -0.39 is 23.3 Å². The van der Waals surface area contributed by atoms with Crippen LogP contribution in [0.2, 0.25) is 0 Å². The number of aliphatic hydroxyl groups excluding tert-OH is 1. The molecule has 2 saturated heterocycles. The molecule has 0 aromatic carbocycles. The van der Waals surface area contributed by atoms with Crippen LogP contribution in [0.15, 0.2) is 12.2 Å². The van der Waals surface area contributed by atoms with Crippen molar-refractivity contribution in [3.63, 3.8) is 0 Å². The molecule has 2 bridgehead atoms. The summed E-state index contributed by atoms with van der Waals surface area (Å²) in [7, 11) is 0. The third-order valence-corrected chi connectivity index (χ3v) is 6.66. The van der Waals surface area contributed by atoms with Crippen LogP contribution in [-0.4, -0.2) is 51.0 Å². The number of hydrogen-bond donors (Lipinski definition) is 2. The van der Waals surface area contributed by atoms with Crippen LogP contribution in [-0.2, 0) is 19.1 Å². The van der Waals surface area contributed by atoms with Gasteiger partial charge in [-0.3, -0.25) is 4.79 Å². The first kappa shape index (κ1) is 19.5. The summed E-state index contributed by atoms with van der Waals surface area (Å²) in [5.41, 5.74) is -2.54. The van der Waals surface area contributed by atoms with Crippen LogP contribution in [0.4, 0.5) is 0 Å². The maximum atomic E-state index is 12.8. The lowest BCUT2D eigenvalue weighted by Gasteiger charge is -2.32. The lowest BCUT2D eigenvalue weighted by Crippen LogP contribution is -2.44. The molecule has 2 aliphatic heterocycles. The maximum Gasteiger partial charge on any atom is 0.334 e. The highest BCUT2D eigenvalue weighted by molar-refractivity contribution is 5.94. The van der Waals surface area contributed by atoms with E-state index >= 15 is 0 Å². The fourth-order valence-electron chi connectivity index (χ4n) is 4.17. The van der Waals surface area contributed by atoms with Gasteiger partial charge in [-0.25, -0.2) is 4.79 Å². The van der Waals surface area contributed by atoms with Crippen molar-refractivity contribution in [3.8, 4) is 0 Å². The quantitative estimate of drug-likeness (QED) is 0.387. The number of aliphatic hydroxyl groups is 2. The number of carbonyl (C=O) groups is 2. The Bertz CT molecular complexity index is 626. The Balaban J connectivity index is 1.88. The van der Waals surface area contributed by atoms with E-state index in [1.165, 1.54) is 0 Å². The van der Waals surface area contributed by atoms with Gasteiger partial charge in [0.05, 0.1) is 23.4 Å². The van der Waals surface area contributed by atoms with Crippen LogP contribution in [0.5, 0.6) is 0 Å². The van der Waals surface area contributed by atoms with Crippen molar-refractivity contribution in [2.45, 2.75) is 94.7 Å². The van der Waals surface area contributed by atoms with Crippen LogP contribution in [0.3, 0.4) is 0 Å². The molecule has 0 unspecified atom stereocenters. The molecule has 0 amide bonds. The average Bonchev–Trinajstić information content (AvgIpc) is 3.24.